The van der Waals surface area contributed by atoms with Crippen LogP contribution in [0.3, 0.4) is 0 Å². The summed E-state index contributed by atoms with van der Waals surface area (Å²) in [7, 11) is 0. The summed E-state index contributed by atoms with van der Waals surface area (Å²) in [6.07, 6.45) is 6.13. The van der Waals surface area contributed by atoms with Crippen molar-refractivity contribution < 1.29 is 9.59 Å². The molecule has 2 amide bonds. The summed E-state index contributed by atoms with van der Waals surface area (Å²) in [5.74, 6) is -0.165. The molecule has 6 heteroatoms. The van der Waals surface area contributed by atoms with E-state index in [9.17, 15) is 9.59 Å². The highest BCUT2D eigenvalue weighted by molar-refractivity contribution is 9.10. The molecular weight excluding hydrogens is 536 g/mol. The summed E-state index contributed by atoms with van der Waals surface area (Å²) in [4.78, 5) is 29.4. The van der Waals surface area contributed by atoms with Gasteiger partial charge in [-0.15, -0.1) is 0 Å². The van der Waals surface area contributed by atoms with Crippen molar-refractivity contribution in [2.24, 2.45) is 0 Å². The predicted molar refractivity (Wildman–Crippen MR) is 149 cm³/mol. The zero-order valence-corrected chi connectivity index (χ0v) is 22.7. The SMILES string of the molecule is O=C(NC1CCCCC1)[C@H](Cc1ccccc1)N(Cc1cccc(Br)c1)C(=O)Cc1ccc(Cl)cc1. The molecule has 1 atom stereocenters. The first-order valence-electron chi connectivity index (χ1n) is 12.6. The van der Waals surface area contributed by atoms with E-state index in [1.807, 2.05) is 66.7 Å². The van der Waals surface area contributed by atoms with Crippen molar-refractivity contribution >= 4 is 39.3 Å². The van der Waals surface area contributed by atoms with Crippen LogP contribution in [0.1, 0.15) is 48.8 Å². The van der Waals surface area contributed by atoms with Crippen LogP contribution in [0, 0.1) is 0 Å². The lowest BCUT2D eigenvalue weighted by atomic mass is 9.94. The maximum atomic E-state index is 13.8. The molecule has 4 nitrogen and oxygen atoms in total. The van der Waals surface area contributed by atoms with E-state index in [2.05, 4.69) is 21.2 Å². The number of carbonyl (C=O) groups excluding carboxylic acids is 2. The summed E-state index contributed by atoms with van der Waals surface area (Å²) >= 11 is 9.59. The molecule has 0 bridgehead atoms. The van der Waals surface area contributed by atoms with Crippen molar-refractivity contribution in [3.63, 3.8) is 0 Å². The molecule has 3 aromatic rings. The number of rotatable bonds is 9. The van der Waals surface area contributed by atoms with Crippen molar-refractivity contribution in [1.82, 2.24) is 10.2 Å². The van der Waals surface area contributed by atoms with Gasteiger partial charge < -0.3 is 10.2 Å². The van der Waals surface area contributed by atoms with E-state index in [1.54, 1.807) is 17.0 Å². The lowest BCUT2D eigenvalue weighted by Crippen LogP contribution is -2.53. The molecule has 36 heavy (non-hydrogen) atoms. The second-order valence-electron chi connectivity index (χ2n) is 9.50. The molecule has 1 N–H and O–H groups in total. The number of nitrogens with zero attached hydrogens (tertiary/aromatic N) is 1. The van der Waals surface area contributed by atoms with Gasteiger partial charge in [0.2, 0.25) is 11.8 Å². The van der Waals surface area contributed by atoms with Crippen molar-refractivity contribution in [2.45, 2.75) is 63.6 Å². The maximum Gasteiger partial charge on any atom is 0.243 e. The third-order valence-corrected chi connectivity index (χ3v) is 7.48. The Bertz CT molecular complexity index is 1150. The van der Waals surface area contributed by atoms with Gasteiger partial charge in [-0.1, -0.05) is 101 Å². The van der Waals surface area contributed by atoms with Gasteiger partial charge in [0, 0.05) is 28.5 Å². The van der Waals surface area contributed by atoms with Gasteiger partial charge in [0.1, 0.15) is 6.04 Å². The minimum Gasteiger partial charge on any atom is -0.352 e. The van der Waals surface area contributed by atoms with E-state index in [0.29, 0.717) is 18.0 Å². The fraction of sp³-hybridized carbons (Fsp3) is 0.333. The monoisotopic (exact) mass is 566 g/mol. The Hall–Kier alpha value is -2.63. The molecule has 0 aromatic heterocycles. The molecule has 4 rings (SSSR count). The average Bonchev–Trinajstić information content (AvgIpc) is 2.88. The second kappa shape index (κ2) is 13.1. The molecule has 0 saturated heterocycles. The van der Waals surface area contributed by atoms with Crippen molar-refractivity contribution in [1.29, 1.82) is 0 Å². The molecule has 0 radical (unpaired) electrons. The number of hydrogen-bond donors (Lipinski definition) is 1. The van der Waals surface area contributed by atoms with Crippen LogP contribution in [0.15, 0.2) is 83.3 Å². The molecule has 0 aliphatic heterocycles. The highest BCUT2D eigenvalue weighted by atomic mass is 79.9. The smallest absolute Gasteiger partial charge is 0.243 e. The van der Waals surface area contributed by atoms with Crippen LogP contribution in [-0.4, -0.2) is 28.8 Å². The Morgan fingerprint density at radius 3 is 2.28 bits per heavy atom. The lowest BCUT2D eigenvalue weighted by Gasteiger charge is -2.33. The lowest BCUT2D eigenvalue weighted by molar-refractivity contribution is -0.141. The highest BCUT2D eigenvalue weighted by Crippen LogP contribution is 2.22. The van der Waals surface area contributed by atoms with Crippen LogP contribution in [0.2, 0.25) is 5.02 Å². The minimum absolute atomic E-state index is 0.0785. The van der Waals surface area contributed by atoms with E-state index in [4.69, 9.17) is 11.6 Å². The molecule has 0 spiro atoms. The number of amides is 2. The third-order valence-electron chi connectivity index (χ3n) is 6.73. The van der Waals surface area contributed by atoms with Crippen LogP contribution in [0.4, 0.5) is 0 Å². The number of benzene rings is 3. The first-order chi connectivity index (χ1) is 17.5. The molecule has 1 aliphatic carbocycles. The Morgan fingerprint density at radius 1 is 0.889 bits per heavy atom. The van der Waals surface area contributed by atoms with E-state index in [0.717, 1.165) is 46.8 Å². The fourth-order valence-electron chi connectivity index (χ4n) is 4.81. The Labute approximate surface area is 227 Å². The molecule has 1 aliphatic rings. The molecule has 188 valence electrons. The average molecular weight is 568 g/mol. The summed E-state index contributed by atoms with van der Waals surface area (Å²) in [6.45, 7) is 0.349. The topological polar surface area (TPSA) is 49.4 Å². The highest BCUT2D eigenvalue weighted by Gasteiger charge is 2.32. The van der Waals surface area contributed by atoms with E-state index >= 15 is 0 Å². The normalized spacial score (nSPS) is 14.7. The largest absolute Gasteiger partial charge is 0.352 e. The predicted octanol–water partition coefficient (Wildman–Crippen LogP) is 6.73. The van der Waals surface area contributed by atoms with Crippen LogP contribution in [0.5, 0.6) is 0 Å². The van der Waals surface area contributed by atoms with Crippen molar-refractivity contribution in [3.8, 4) is 0 Å². The Balaban J connectivity index is 1.65. The van der Waals surface area contributed by atoms with Crippen LogP contribution in [0.25, 0.3) is 0 Å². The zero-order chi connectivity index (χ0) is 25.3. The fourth-order valence-corrected chi connectivity index (χ4v) is 5.38. The van der Waals surface area contributed by atoms with Crippen LogP contribution in [-0.2, 0) is 29.0 Å². The van der Waals surface area contributed by atoms with Gasteiger partial charge in [-0.05, 0) is 53.8 Å². The van der Waals surface area contributed by atoms with Crippen LogP contribution < -0.4 is 5.32 Å². The molecule has 1 fully saturated rings. The summed E-state index contributed by atoms with van der Waals surface area (Å²) in [6, 6.07) is 24.7. The van der Waals surface area contributed by atoms with E-state index in [-0.39, 0.29) is 24.3 Å². The van der Waals surface area contributed by atoms with Gasteiger partial charge in [0.15, 0.2) is 0 Å². The number of carbonyl (C=O) groups is 2. The van der Waals surface area contributed by atoms with Gasteiger partial charge in [0.25, 0.3) is 0 Å². The summed E-state index contributed by atoms with van der Waals surface area (Å²) in [5, 5.41) is 3.91. The number of hydrogen-bond acceptors (Lipinski definition) is 2. The molecule has 0 heterocycles. The zero-order valence-electron chi connectivity index (χ0n) is 20.3. The summed E-state index contributed by atoms with van der Waals surface area (Å²) in [5.41, 5.74) is 2.87. The second-order valence-corrected chi connectivity index (χ2v) is 10.9. The van der Waals surface area contributed by atoms with E-state index in [1.165, 1.54) is 6.42 Å². The first kappa shape index (κ1) is 26.4. The molecular formula is C30H32BrClN2O2. The quantitative estimate of drug-likeness (QED) is 0.312. The van der Waals surface area contributed by atoms with Gasteiger partial charge in [-0.2, -0.15) is 0 Å². The maximum absolute atomic E-state index is 13.8. The summed E-state index contributed by atoms with van der Waals surface area (Å²) < 4.78 is 0.941. The van der Waals surface area contributed by atoms with Gasteiger partial charge in [0.05, 0.1) is 6.42 Å². The number of halogens is 2. The Morgan fingerprint density at radius 2 is 1.58 bits per heavy atom. The molecule has 3 aromatic carbocycles. The Kier molecular flexibility index (Phi) is 9.60. The molecule has 0 unspecified atom stereocenters. The van der Waals surface area contributed by atoms with Gasteiger partial charge >= 0.3 is 0 Å². The van der Waals surface area contributed by atoms with Crippen molar-refractivity contribution in [3.05, 3.63) is 105 Å². The standard InChI is InChI=1S/C30H32BrClN2O2/c31-25-11-7-10-24(18-25)21-34(29(35)20-23-14-16-26(32)17-15-23)28(19-22-8-3-1-4-9-22)30(36)33-27-12-5-2-6-13-27/h1,3-4,7-11,14-18,27-28H,2,5-6,12-13,19-21H2,(H,33,36)/t28-/m0/s1. The van der Waals surface area contributed by atoms with E-state index < -0.39 is 6.04 Å². The minimum atomic E-state index is -0.617. The van der Waals surface area contributed by atoms with Crippen LogP contribution >= 0.6 is 27.5 Å². The third kappa shape index (κ3) is 7.68. The number of nitrogens with one attached hydrogen (secondary N) is 1. The van der Waals surface area contributed by atoms with Crippen molar-refractivity contribution in [2.75, 3.05) is 0 Å². The van der Waals surface area contributed by atoms with Gasteiger partial charge in [-0.25, -0.2) is 0 Å². The van der Waals surface area contributed by atoms with Gasteiger partial charge in [-0.3, -0.25) is 9.59 Å². The molecule has 1 saturated carbocycles. The first-order valence-corrected chi connectivity index (χ1v) is 13.8.